The number of carbonyl (C=O) groups is 1. The standard InChI is InChI=1S/C12H11FN2O4/c1-17-8-4-3-6(13)5-7(8)10-9(12(16)18-2)11(14)19-15-10/h3-5H,14H2,1-2H3. The van der Waals surface area contributed by atoms with Crippen molar-refractivity contribution < 1.29 is 23.2 Å². The molecule has 0 radical (unpaired) electrons. The first-order valence-electron chi connectivity index (χ1n) is 5.25. The number of halogens is 1. The van der Waals surface area contributed by atoms with Gasteiger partial charge in [0.25, 0.3) is 0 Å². The van der Waals surface area contributed by atoms with Gasteiger partial charge in [0.2, 0.25) is 5.88 Å². The summed E-state index contributed by atoms with van der Waals surface area (Å²) in [4.78, 5) is 11.6. The number of esters is 1. The van der Waals surface area contributed by atoms with Gasteiger partial charge in [-0.15, -0.1) is 0 Å². The molecule has 0 aliphatic carbocycles. The average molecular weight is 266 g/mol. The minimum atomic E-state index is -0.722. The van der Waals surface area contributed by atoms with Crippen LogP contribution in [0.15, 0.2) is 22.7 Å². The van der Waals surface area contributed by atoms with Gasteiger partial charge in [0.15, 0.2) is 5.56 Å². The van der Waals surface area contributed by atoms with Gasteiger partial charge < -0.3 is 19.7 Å². The molecular weight excluding hydrogens is 255 g/mol. The summed E-state index contributed by atoms with van der Waals surface area (Å²) in [6.45, 7) is 0. The van der Waals surface area contributed by atoms with Crippen LogP contribution >= 0.6 is 0 Å². The fourth-order valence-electron chi connectivity index (χ4n) is 1.65. The number of hydrogen-bond donors (Lipinski definition) is 1. The highest BCUT2D eigenvalue weighted by atomic mass is 19.1. The highest BCUT2D eigenvalue weighted by Crippen LogP contribution is 2.34. The molecule has 7 heteroatoms. The lowest BCUT2D eigenvalue weighted by Crippen LogP contribution is -2.05. The molecule has 0 amide bonds. The largest absolute Gasteiger partial charge is 0.496 e. The molecule has 100 valence electrons. The predicted molar refractivity (Wildman–Crippen MR) is 64.2 cm³/mol. The van der Waals surface area contributed by atoms with E-state index in [1.54, 1.807) is 0 Å². The molecule has 0 unspecified atom stereocenters. The summed E-state index contributed by atoms with van der Waals surface area (Å²) >= 11 is 0. The van der Waals surface area contributed by atoms with E-state index >= 15 is 0 Å². The maximum Gasteiger partial charge on any atom is 0.345 e. The van der Waals surface area contributed by atoms with Crippen LogP contribution in [-0.4, -0.2) is 25.3 Å². The summed E-state index contributed by atoms with van der Waals surface area (Å²) in [5, 5.41) is 3.66. The van der Waals surface area contributed by atoms with E-state index in [0.717, 1.165) is 0 Å². The molecule has 0 aliphatic heterocycles. The van der Waals surface area contributed by atoms with Crippen LogP contribution in [0.25, 0.3) is 11.3 Å². The van der Waals surface area contributed by atoms with Crippen molar-refractivity contribution >= 4 is 11.9 Å². The Labute approximate surface area is 107 Å². The minimum Gasteiger partial charge on any atom is -0.496 e. The molecule has 0 fully saturated rings. The number of carbonyl (C=O) groups excluding carboxylic acids is 1. The highest BCUT2D eigenvalue weighted by molar-refractivity contribution is 6.00. The zero-order valence-electron chi connectivity index (χ0n) is 10.3. The molecule has 19 heavy (non-hydrogen) atoms. The van der Waals surface area contributed by atoms with Crippen LogP contribution in [0.3, 0.4) is 0 Å². The van der Waals surface area contributed by atoms with Crippen LogP contribution < -0.4 is 10.5 Å². The molecule has 0 atom stereocenters. The van der Waals surface area contributed by atoms with E-state index in [0.29, 0.717) is 5.75 Å². The lowest BCUT2D eigenvalue weighted by atomic mass is 10.1. The number of nitrogens with zero attached hydrogens (tertiary/aromatic N) is 1. The fourth-order valence-corrected chi connectivity index (χ4v) is 1.65. The molecule has 0 saturated heterocycles. The molecule has 0 bridgehead atoms. The quantitative estimate of drug-likeness (QED) is 0.853. The maximum atomic E-state index is 13.3. The van der Waals surface area contributed by atoms with Crippen molar-refractivity contribution in [2.45, 2.75) is 0 Å². The van der Waals surface area contributed by atoms with Crippen LogP contribution in [0.4, 0.5) is 10.3 Å². The van der Waals surface area contributed by atoms with Crippen molar-refractivity contribution in [3.05, 3.63) is 29.6 Å². The highest BCUT2D eigenvalue weighted by Gasteiger charge is 2.25. The molecule has 2 rings (SSSR count). The van der Waals surface area contributed by atoms with Gasteiger partial charge in [-0.2, -0.15) is 0 Å². The Balaban J connectivity index is 2.65. The van der Waals surface area contributed by atoms with E-state index in [2.05, 4.69) is 9.89 Å². The fraction of sp³-hybridized carbons (Fsp3) is 0.167. The molecule has 2 N–H and O–H groups in total. The topological polar surface area (TPSA) is 87.6 Å². The van der Waals surface area contributed by atoms with Crippen LogP contribution in [0.2, 0.25) is 0 Å². The van der Waals surface area contributed by atoms with Crippen molar-refractivity contribution in [2.24, 2.45) is 0 Å². The number of ether oxygens (including phenoxy) is 2. The summed E-state index contributed by atoms with van der Waals surface area (Å²) < 4.78 is 27.8. The number of methoxy groups -OCH3 is 2. The lowest BCUT2D eigenvalue weighted by Gasteiger charge is -2.07. The third-order valence-corrected chi connectivity index (χ3v) is 2.52. The molecule has 0 spiro atoms. The third-order valence-electron chi connectivity index (χ3n) is 2.52. The number of nitrogens with two attached hydrogens (primary N) is 1. The Morgan fingerprint density at radius 1 is 1.42 bits per heavy atom. The lowest BCUT2D eigenvalue weighted by molar-refractivity contribution is 0.0602. The molecular formula is C12H11FN2O4. The van der Waals surface area contributed by atoms with Gasteiger partial charge in [-0.05, 0) is 18.2 Å². The van der Waals surface area contributed by atoms with Gasteiger partial charge in [-0.3, -0.25) is 0 Å². The second kappa shape index (κ2) is 4.97. The first kappa shape index (κ1) is 12.9. The maximum absolute atomic E-state index is 13.3. The normalized spacial score (nSPS) is 10.3. The number of hydrogen-bond acceptors (Lipinski definition) is 6. The molecule has 1 heterocycles. The predicted octanol–water partition coefficient (Wildman–Crippen LogP) is 1.86. The third kappa shape index (κ3) is 2.22. The molecule has 2 aromatic rings. The van der Waals surface area contributed by atoms with Gasteiger partial charge in [0.05, 0.1) is 14.2 Å². The van der Waals surface area contributed by atoms with Crippen LogP contribution in [0.1, 0.15) is 10.4 Å². The second-order valence-corrected chi connectivity index (χ2v) is 3.61. The zero-order chi connectivity index (χ0) is 14.0. The van der Waals surface area contributed by atoms with Gasteiger partial charge in [-0.25, -0.2) is 9.18 Å². The van der Waals surface area contributed by atoms with Crippen molar-refractivity contribution in [1.82, 2.24) is 5.16 Å². The second-order valence-electron chi connectivity index (χ2n) is 3.61. The molecule has 6 nitrogen and oxygen atoms in total. The van der Waals surface area contributed by atoms with Crippen molar-refractivity contribution in [3.63, 3.8) is 0 Å². The number of aromatic nitrogens is 1. The monoisotopic (exact) mass is 266 g/mol. The van der Waals surface area contributed by atoms with Crippen LogP contribution in [-0.2, 0) is 4.74 Å². The van der Waals surface area contributed by atoms with E-state index in [-0.39, 0.29) is 22.7 Å². The van der Waals surface area contributed by atoms with E-state index in [9.17, 15) is 9.18 Å². The average Bonchev–Trinajstić information content (AvgIpc) is 2.79. The van der Waals surface area contributed by atoms with Crippen LogP contribution in [0.5, 0.6) is 5.75 Å². The summed E-state index contributed by atoms with van der Waals surface area (Å²) in [5.41, 5.74) is 5.78. The molecule has 1 aromatic heterocycles. The smallest absolute Gasteiger partial charge is 0.345 e. The Bertz CT molecular complexity index is 624. The van der Waals surface area contributed by atoms with E-state index in [1.807, 2.05) is 0 Å². The first-order valence-corrected chi connectivity index (χ1v) is 5.25. The van der Waals surface area contributed by atoms with Gasteiger partial charge >= 0.3 is 5.97 Å². The molecule has 0 saturated carbocycles. The first-order chi connectivity index (χ1) is 9.08. The number of benzene rings is 1. The zero-order valence-corrected chi connectivity index (χ0v) is 10.3. The number of anilines is 1. The SMILES string of the molecule is COC(=O)c1c(-c2cc(F)ccc2OC)noc1N. The van der Waals surface area contributed by atoms with E-state index in [1.165, 1.54) is 32.4 Å². The summed E-state index contributed by atoms with van der Waals surface area (Å²) in [6.07, 6.45) is 0. The van der Waals surface area contributed by atoms with Crippen molar-refractivity contribution in [3.8, 4) is 17.0 Å². The van der Waals surface area contributed by atoms with Crippen molar-refractivity contribution in [2.75, 3.05) is 20.0 Å². The molecule has 0 aliphatic rings. The van der Waals surface area contributed by atoms with E-state index < -0.39 is 11.8 Å². The van der Waals surface area contributed by atoms with Gasteiger partial charge in [0, 0.05) is 5.56 Å². The summed E-state index contributed by atoms with van der Waals surface area (Å²) in [6, 6.07) is 3.81. The van der Waals surface area contributed by atoms with Gasteiger partial charge in [-0.1, -0.05) is 5.16 Å². The minimum absolute atomic E-state index is 0.0635. The Morgan fingerprint density at radius 2 is 2.16 bits per heavy atom. The molecule has 1 aromatic carbocycles. The number of nitrogen functional groups attached to an aromatic ring is 1. The van der Waals surface area contributed by atoms with E-state index in [4.69, 9.17) is 15.0 Å². The Kier molecular flexibility index (Phi) is 3.37. The number of rotatable bonds is 3. The van der Waals surface area contributed by atoms with Crippen LogP contribution in [0, 0.1) is 5.82 Å². The Hall–Kier alpha value is -2.57. The van der Waals surface area contributed by atoms with Gasteiger partial charge in [0.1, 0.15) is 17.3 Å². The summed E-state index contributed by atoms with van der Waals surface area (Å²) in [5.74, 6) is -1.10. The Morgan fingerprint density at radius 3 is 2.79 bits per heavy atom. The summed E-state index contributed by atoms with van der Waals surface area (Å²) in [7, 11) is 2.61. The van der Waals surface area contributed by atoms with Crippen molar-refractivity contribution in [1.29, 1.82) is 0 Å².